The Labute approximate surface area is 243 Å². The van der Waals surface area contributed by atoms with Crippen molar-refractivity contribution in [1.82, 2.24) is 0 Å². The summed E-state index contributed by atoms with van der Waals surface area (Å²) in [5, 5.41) is 3.34. The number of rotatable bonds is 11. The summed E-state index contributed by atoms with van der Waals surface area (Å²) < 4.78 is 4.00. The van der Waals surface area contributed by atoms with Crippen molar-refractivity contribution in [1.29, 1.82) is 0 Å². The van der Waals surface area contributed by atoms with Gasteiger partial charge in [-0.3, -0.25) is 0 Å². The molecule has 0 fully saturated rings. The molecular weight excluding hydrogens is 576 g/mol. The number of benzene rings is 4. The summed E-state index contributed by atoms with van der Waals surface area (Å²) in [6, 6.07) is 42.6. The van der Waals surface area contributed by atoms with Crippen molar-refractivity contribution < 1.29 is 17.9 Å². The molecule has 0 heterocycles. The minimum absolute atomic E-state index is 0.564. The van der Waals surface area contributed by atoms with Gasteiger partial charge in [0.15, 0.2) is 0 Å². The average Bonchev–Trinajstić information content (AvgIpc) is 3.66. The van der Waals surface area contributed by atoms with Gasteiger partial charge in [0.05, 0.1) is 0 Å². The number of hydrogen-bond donors (Lipinski definition) is 0. The van der Waals surface area contributed by atoms with Crippen LogP contribution in [0, 0.1) is 0 Å². The van der Waals surface area contributed by atoms with Gasteiger partial charge in [-0.05, 0) is 0 Å². The van der Waals surface area contributed by atoms with E-state index in [2.05, 4.69) is 147 Å². The Morgan fingerprint density at radius 3 is 1.35 bits per heavy atom. The van der Waals surface area contributed by atoms with E-state index < -0.39 is 23.9 Å². The first-order chi connectivity index (χ1) is 19.7. The van der Waals surface area contributed by atoms with Crippen molar-refractivity contribution in [2.45, 2.75) is 55.0 Å². The van der Waals surface area contributed by atoms with Gasteiger partial charge in [0, 0.05) is 0 Å². The molecule has 0 N–H and O–H groups in total. The number of fused-ring (bicyclic) bond motifs is 2. The predicted molar refractivity (Wildman–Crippen MR) is 175 cm³/mol. The van der Waals surface area contributed by atoms with Gasteiger partial charge >= 0.3 is 245 Å². The first kappa shape index (κ1) is 27.6. The molecule has 0 saturated heterocycles. The molecule has 0 spiro atoms. The summed E-state index contributed by atoms with van der Waals surface area (Å²) in [4.78, 5) is 0. The Hall–Kier alpha value is -2.54. The Morgan fingerprint density at radius 2 is 0.925 bits per heavy atom. The van der Waals surface area contributed by atoms with Gasteiger partial charge < -0.3 is 0 Å². The van der Waals surface area contributed by atoms with Crippen LogP contribution in [0.2, 0.25) is 8.26 Å². The van der Waals surface area contributed by atoms with Gasteiger partial charge in [-0.1, -0.05) is 0 Å². The van der Waals surface area contributed by atoms with E-state index in [0.29, 0.717) is 7.25 Å². The molecule has 0 aliphatic heterocycles. The maximum atomic E-state index is 2.72. The quantitative estimate of drug-likeness (QED) is 0.147. The van der Waals surface area contributed by atoms with Crippen LogP contribution in [0.3, 0.4) is 0 Å². The monoisotopic (exact) mass is 617 g/mol. The van der Waals surface area contributed by atoms with Crippen molar-refractivity contribution in [3.05, 3.63) is 144 Å². The Balaban J connectivity index is 1.78. The van der Waals surface area contributed by atoms with Crippen molar-refractivity contribution in [2.75, 3.05) is 0 Å². The SMILES string of the molecule is CCC[CH2][Zr]([CH2]CCC)([CH]1C=Cc2ccccc21)([CH]1C=Cc2ccccc21)[SiH](c1ccccc1)c1ccccc1. The summed E-state index contributed by atoms with van der Waals surface area (Å²) >= 11 is -4.10. The third kappa shape index (κ3) is 4.43. The molecule has 2 atom stereocenters. The Morgan fingerprint density at radius 1 is 0.525 bits per heavy atom. The van der Waals surface area contributed by atoms with Crippen LogP contribution in [-0.2, 0) is 17.9 Å². The Kier molecular flexibility index (Phi) is 8.11. The number of unbranched alkanes of at least 4 members (excludes halogenated alkanes) is 2. The normalized spacial score (nSPS) is 18.4. The van der Waals surface area contributed by atoms with Crippen LogP contribution in [0.4, 0.5) is 0 Å². The maximum absolute atomic E-state index is 4.10. The molecule has 2 heteroatoms. The van der Waals surface area contributed by atoms with Crippen LogP contribution >= 0.6 is 0 Å². The summed E-state index contributed by atoms with van der Waals surface area (Å²) in [7, 11) is 0. The second-order valence-electron chi connectivity index (χ2n) is 12.4. The molecule has 0 radical (unpaired) electrons. The van der Waals surface area contributed by atoms with Crippen molar-refractivity contribution in [3.8, 4) is 0 Å². The average molecular weight is 619 g/mol. The molecule has 0 aromatic heterocycles. The molecule has 2 aliphatic rings. The fourth-order valence-electron chi connectivity index (χ4n) is 8.94. The fraction of sp³-hybridized carbons (Fsp3) is 0.263. The molecular formula is C38H43SiZr. The molecule has 2 aliphatic carbocycles. The number of allylic oxidation sites excluding steroid dienone is 2. The van der Waals surface area contributed by atoms with Crippen molar-refractivity contribution in [2.24, 2.45) is 0 Å². The predicted octanol–water partition coefficient (Wildman–Crippen LogP) is 9.19. The van der Waals surface area contributed by atoms with Crippen LogP contribution in [0.25, 0.3) is 12.2 Å². The first-order valence-corrected chi connectivity index (χ1v) is 27.8. The second-order valence-corrected chi connectivity index (χ2v) is 42.8. The van der Waals surface area contributed by atoms with E-state index in [1.54, 1.807) is 21.5 Å². The first-order valence-electron chi connectivity index (χ1n) is 15.5. The standard InChI is InChI=1S/C12H11Si.2C9H7.2C4H9.Zr/c1-3-7-11(8-4-1)13-12-9-5-2-6-10-12;2*1-2-5-9-7-3-6-8(9)4-1;2*1-3-4-2;/h1-10,13H;2*1-7H;2*1,3-4H2,2H3;. The van der Waals surface area contributed by atoms with Gasteiger partial charge in [-0.2, -0.15) is 0 Å². The van der Waals surface area contributed by atoms with Gasteiger partial charge in [-0.15, -0.1) is 0 Å². The van der Waals surface area contributed by atoms with E-state index in [0.717, 1.165) is 0 Å². The third-order valence-electron chi connectivity index (χ3n) is 10.5. The van der Waals surface area contributed by atoms with E-state index in [9.17, 15) is 0 Å². The second kappa shape index (κ2) is 11.8. The van der Waals surface area contributed by atoms with Crippen molar-refractivity contribution in [3.63, 3.8) is 0 Å². The van der Waals surface area contributed by atoms with E-state index in [1.807, 2.05) is 0 Å². The topological polar surface area (TPSA) is 0 Å². The number of hydrogen-bond acceptors (Lipinski definition) is 0. The molecule has 0 bridgehead atoms. The van der Waals surface area contributed by atoms with E-state index >= 15 is 0 Å². The zero-order valence-electron chi connectivity index (χ0n) is 24.2. The van der Waals surface area contributed by atoms with Crippen LogP contribution in [0.1, 0.15) is 69.0 Å². The van der Waals surface area contributed by atoms with E-state index in [1.165, 1.54) is 45.1 Å². The third-order valence-corrected chi connectivity index (χ3v) is 55.7. The summed E-state index contributed by atoms with van der Waals surface area (Å²) in [6.07, 6.45) is 15.6. The molecule has 4 aromatic rings. The van der Waals surface area contributed by atoms with Gasteiger partial charge in [0.1, 0.15) is 0 Å². The molecule has 0 amide bonds. The molecule has 0 nitrogen and oxygen atoms in total. The van der Waals surface area contributed by atoms with Crippen LogP contribution < -0.4 is 10.4 Å². The van der Waals surface area contributed by atoms with Crippen molar-refractivity contribution >= 4 is 28.4 Å². The van der Waals surface area contributed by atoms with Crippen LogP contribution in [0.15, 0.2) is 121 Å². The fourth-order valence-corrected chi connectivity index (χ4v) is 63.1. The summed E-state index contributed by atoms with van der Waals surface area (Å²) in [6.45, 7) is 4.84. The zero-order chi connectivity index (χ0) is 27.4. The summed E-state index contributed by atoms with van der Waals surface area (Å²) in [5.74, 6) is -1.72. The molecule has 40 heavy (non-hydrogen) atoms. The van der Waals surface area contributed by atoms with Crippen LogP contribution in [-0.4, -0.2) is 5.92 Å². The van der Waals surface area contributed by atoms with Gasteiger partial charge in [0.2, 0.25) is 0 Å². The summed E-state index contributed by atoms with van der Waals surface area (Å²) in [5.41, 5.74) is 6.18. The molecule has 203 valence electrons. The minimum atomic E-state index is -4.10. The zero-order valence-corrected chi connectivity index (χ0v) is 27.8. The Bertz CT molecular complexity index is 1390. The van der Waals surface area contributed by atoms with Crippen LogP contribution in [0.5, 0.6) is 0 Å². The van der Waals surface area contributed by atoms with E-state index in [-0.39, 0.29) is 0 Å². The molecule has 2 unspecified atom stereocenters. The van der Waals surface area contributed by atoms with Gasteiger partial charge in [-0.25, -0.2) is 0 Å². The van der Waals surface area contributed by atoms with Gasteiger partial charge in [0.25, 0.3) is 0 Å². The molecule has 0 saturated carbocycles. The molecule has 6 rings (SSSR count). The molecule has 4 aromatic carbocycles. The van der Waals surface area contributed by atoms with E-state index in [4.69, 9.17) is 0 Å².